The first-order chi connectivity index (χ1) is 7.27. The van der Waals surface area contributed by atoms with E-state index in [9.17, 15) is 4.79 Å². The molecule has 2 heteroatoms. The highest BCUT2D eigenvalue weighted by atomic mass is 16.1. The fourth-order valence-corrected chi connectivity index (χ4v) is 2.60. The van der Waals surface area contributed by atoms with Crippen LogP contribution in [0.3, 0.4) is 0 Å². The summed E-state index contributed by atoms with van der Waals surface area (Å²) in [4.78, 5) is 11.9. The van der Waals surface area contributed by atoms with Crippen LogP contribution in [0.5, 0.6) is 0 Å². The maximum atomic E-state index is 11.9. The van der Waals surface area contributed by atoms with Gasteiger partial charge in [0.25, 0.3) is 0 Å². The molecule has 0 aromatic heterocycles. The summed E-state index contributed by atoms with van der Waals surface area (Å²) in [5.74, 6) is 1.69. The molecule has 0 aromatic carbocycles. The third-order valence-corrected chi connectivity index (χ3v) is 3.69. The summed E-state index contributed by atoms with van der Waals surface area (Å²) in [5, 5.41) is 0. The number of ketones is 1. The summed E-state index contributed by atoms with van der Waals surface area (Å²) in [6.07, 6.45) is 8.87. The summed E-state index contributed by atoms with van der Waals surface area (Å²) in [5.41, 5.74) is 5.43. The highest BCUT2D eigenvalue weighted by molar-refractivity contribution is 5.81. The molecule has 0 amide bonds. The van der Waals surface area contributed by atoms with Crippen LogP contribution in [0.15, 0.2) is 0 Å². The zero-order valence-electron chi connectivity index (χ0n) is 10.0. The molecule has 0 radical (unpaired) electrons. The minimum Gasteiger partial charge on any atom is -0.330 e. The molecule has 0 bridgehead atoms. The van der Waals surface area contributed by atoms with E-state index in [1.807, 2.05) is 0 Å². The fourth-order valence-electron chi connectivity index (χ4n) is 2.60. The normalized spacial score (nSPS) is 26.5. The highest BCUT2D eigenvalue weighted by Gasteiger charge is 2.25. The lowest BCUT2D eigenvalue weighted by molar-refractivity contribution is -0.124. The lowest BCUT2D eigenvalue weighted by Crippen LogP contribution is -2.22. The van der Waals surface area contributed by atoms with E-state index in [-0.39, 0.29) is 0 Å². The van der Waals surface area contributed by atoms with Crippen LogP contribution in [-0.4, -0.2) is 12.3 Å². The minimum atomic E-state index is 0.376. The van der Waals surface area contributed by atoms with E-state index < -0.39 is 0 Å². The topological polar surface area (TPSA) is 43.1 Å². The molecule has 88 valence electrons. The third-order valence-electron chi connectivity index (χ3n) is 3.69. The van der Waals surface area contributed by atoms with Gasteiger partial charge in [0, 0.05) is 12.3 Å². The molecule has 0 spiro atoms. The van der Waals surface area contributed by atoms with E-state index >= 15 is 0 Å². The smallest absolute Gasteiger partial charge is 0.135 e. The first-order valence-corrected chi connectivity index (χ1v) is 6.50. The zero-order valence-corrected chi connectivity index (χ0v) is 10.0. The first-order valence-electron chi connectivity index (χ1n) is 6.50. The SMILES string of the molecule is CCC1CCCC(C(=O)CCCCN)C1. The summed E-state index contributed by atoms with van der Waals surface area (Å²) < 4.78 is 0. The van der Waals surface area contributed by atoms with Crippen molar-refractivity contribution < 1.29 is 4.79 Å². The van der Waals surface area contributed by atoms with E-state index in [4.69, 9.17) is 5.73 Å². The molecule has 1 fully saturated rings. The van der Waals surface area contributed by atoms with Gasteiger partial charge in [-0.2, -0.15) is 0 Å². The van der Waals surface area contributed by atoms with Crippen molar-refractivity contribution in [2.24, 2.45) is 17.6 Å². The number of hydrogen-bond donors (Lipinski definition) is 1. The standard InChI is InChI=1S/C13H25NO/c1-2-11-6-5-7-12(10-11)13(15)8-3-4-9-14/h11-12H,2-10,14H2,1H3. The van der Waals surface area contributed by atoms with Gasteiger partial charge in [0.15, 0.2) is 0 Å². The van der Waals surface area contributed by atoms with Crippen molar-refractivity contribution in [1.82, 2.24) is 0 Å². The molecule has 0 saturated heterocycles. The second kappa shape index (κ2) is 7.00. The molecular weight excluding hydrogens is 186 g/mol. The third kappa shape index (κ3) is 4.33. The van der Waals surface area contributed by atoms with Gasteiger partial charge in [-0.05, 0) is 38.1 Å². The molecule has 0 aromatic rings. The van der Waals surface area contributed by atoms with Crippen LogP contribution in [-0.2, 0) is 4.79 Å². The number of rotatable bonds is 6. The van der Waals surface area contributed by atoms with Gasteiger partial charge in [0.1, 0.15) is 5.78 Å². The summed E-state index contributed by atoms with van der Waals surface area (Å²) in [6.45, 7) is 2.96. The quantitative estimate of drug-likeness (QED) is 0.686. The number of carbonyl (C=O) groups excluding carboxylic acids is 1. The molecule has 15 heavy (non-hydrogen) atoms. The Kier molecular flexibility index (Phi) is 5.92. The van der Waals surface area contributed by atoms with Gasteiger partial charge in [-0.1, -0.05) is 26.2 Å². The van der Waals surface area contributed by atoms with Crippen molar-refractivity contribution in [3.8, 4) is 0 Å². The Labute approximate surface area is 93.6 Å². The molecule has 0 aliphatic heterocycles. The van der Waals surface area contributed by atoms with Gasteiger partial charge >= 0.3 is 0 Å². The van der Waals surface area contributed by atoms with Gasteiger partial charge in [-0.25, -0.2) is 0 Å². The van der Waals surface area contributed by atoms with Crippen LogP contribution in [0.4, 0.5) is 0 Å². The van der Waals surface area contributed by atoms with Crippen molar-refractivity contribution >= 4 is 5.78 Å². The van der Waals surface area contributed by atoms with E-state index in [1.165, 1.54) is 19.3 Å². The lowest BCUT2D eigenvalue weighted by Gasteiger charge is -2.27. The first kappa shape index (κ1) is 12.7. The van der Waals surface area contributed by atoms with Crippen LogP contribution in [0.25, 0.3) is 0 Å². The van der Waals surface area contributed by atoms with Crippen molar-refractivity contribution in [3.05, 3.63) is 0 Å². The summed E-state index contributed by atoms with van der Waals surface area (Å²) >= 11 is 0. The van der Waals surface area contributed by atoms with Crippen molar-refractivity contribution in [2.45, 2.75) is 58.3 Å². The highest BCUT2D eigenvalue weighted by Crippen LogP contribution is 2.32. The molecule has 1 aliphatic rings. The van der Waals surface area contributed by atoms with E-state index in [1.54, 1.807) is 0 Å². The Hall–Kier alpha value is -0.370. The zero-order chi connectivity index (χ0) is 11.1. The van der Waals surface area contributed by atoms with Crippen LogP contribution < -0.4 is 5.73 Å². The molecule has 2 atom stereocenters. The van der Waals surface area contributed by atoms with Crippen molar-refractivity contribution in [1.29, 1.82) is 0 Å². The van der Waals surface area contributed by atoms with Crippen molar-refractivity contribution in [2.75, 3.05) is 6.54 Å². The van der Waals surface area contributed by atoms with Gasteiger partial charge in [-0.3, -0.25) is 4.79 Å². The van der Waals surface area contributed by atoms with Gasteiger partial charge in [-0.15, -0.1) is 0 Å². The Bertz CT molecular complexity index is 191. The van der Waals surface area contributed by atoms with E-state index in [0.29, 0.717) is 11.7 Å². The van der Waals surface area contributed by atoms with Gasteiger partial charge < -0.3 is 5.73 Å². The molecular formula is C13H25NO. The summed E-state index contributed by atoms with van der Waals surface area (Å²) in [6, 6.07) is 0. The van der Waals surface area contributed by atoms with E-state index in [2.05, 4.69) is 6.92 Å². The lowest BCUT2D eigenvalue weighted by atomic mass is 9.77. The molecule has 0 heterocycles. The van der Waals surface area contributed by atoms with E-state index in [0.717, 1.165) is 44.6 Å². The van der Waals surface area contributed by atoms with Crippen molar-refractivity contribution in [3.63, 3.8) is 0 Å². The fraction of sp³-hybridized carbons (Fsp3) is 0.923. The number of unbranched alkanes of at least 4 members (excludes halogenated alkanes) is 1. The van der Waals surface area contributed by atoms with Gasteiger partial charge in [0.05, 0.1) is 0 Å². The number of hydrogen-bond acceptors (Lipinski definition) is 2. The predicted molar refractivity (Wildman–Crippen MR) is 63.7 cm³/mol. The summed E-state index contributed by atoms with van der Waals surface area (Å²) in [7, 11) is 0. The number of nitrogens with two attached hydrogens (primary N) is 1. The van der Waals surface area contributed by atoms with Crippen LogP contribution in [0, 0.1) is 11.8 Å². The van der Waals surface area contributed by atoms with Crippen LogP contribution >= 0.6 is 0 Å². The molecule has 2 unspecified atom stereocenters. The molecule has 2 nitrogen and oxygen atoms in total. The average molecular weight is 211 g/mol. The van der Waals surface area contributed by atoms with Crippen LogP contribution in [0.1, 0.15) is 58.3 Å². The molecule has 1 rings (SSSR count). The Morgan fingerprint density at radius 1 is 1.33 bits per heavy atom. The Morgan fingerprint density at radius 3 is 2.80 bits per heavy atom. The maximum Gasteiger partial charge on any atom is 0.135 e. The molecule has 1 saturated carbocycles. The Balaban J connectivity index is 2.25. The van der Waals surface area contributed by atoms with Gasteiger partial charge in [0.2, 0.25) is 0 Å². The average Bonchev–Trinajstić information content (AvgIpc) is 2.29. The largest absolute Gasteiger partial charge is 0.330 e. The Morgan fingerprint density at radius 2 is 2.13 bits per heavy atom. The maximum absolute atomic E-state index is 11.9. The predicted octanol–water partition coefficient (Wildman–Crippen LogP) is 2.90. The number of carbonyl (C=O) groups is 1. The monoisotopic (exact) mass is 211 g/mol. The van der Waals surface area contributed by atoms with Crippen LogP contribution in [0.2, 0.25) is 0 Å². The minimum absolute atomic E-state index is 0.376. The second-order valence-corrected chi connectivity index (χ2v) is 4.85. The molecule has 1 aliphatic carbocycles. The number of Topliss-reactive ketones (excluding diaryl/α,β-unsaturated/α-hetero) is 1. The molecule has 2 N–H and O–H groups in total. The second-order valence-electron chi connectivity index (χ2n) is 4.85.